The number of amides is 2. The van der Waals surface area contributed by atoms with Gasteiger partial charge in [-0.15, -0.1) is 11.3 Å². The van der Waals surface area contributed by atoms with Crippen molar-refractivity contribution in [1.82, 2.24) is 9.88 Å². The largest absolute Gasteiger partial charge is 0.275 e. The highest BCUT2D eigenvalue weighted by atomic mass is 79.9. The van der Waals surface area contributed by atoms with Crippen LogP contribution in [0.3, 0.4) is 0 Å². The summed E-state index contributed by atoms with van der Waals surface area (Å²) in [5.41, 5.74) is 0.327. The molecule has 12 heteroatoms. The van der Waals surface area contributed by atoms with Crippen molar-refractivity contribution in [3.05, 3.63) is 99.3 Å². The molecule has 0 atom stereocenters. The van der Waals surface area contributed by atoms with Gasteiger partial charge in [-0.05, 0) is 30.3 Å². The van der Waals surface area contributed by atoms with Crippen LogP contribution in [0.1, 0.15) is 32.7 Å². The van der Waals surface area contributed by atoms with Gasteiger partial charge in [-0.1, -0.05) is 58.4 Å². The first-order chi connectivity index (χ1) is 18.1. The van der Waals surface area contributed by atoms with Gasteiger partial charge in [0, 0.05) is 33.9 Å². The molecular weight excluding hydrogens is 600 g/mol. The number of carbonyl (C=O) groups excluding carboxylic acids is 2. The topological polar surface area (TPSA) is 96.4 Å². The number of halogens is 3. The van der Waals surface area contributed by atoms with Crippen molar-refractivity contribution in [3.63, 3.8) is 0 Å². The Morgan fingerprint density at radius 3 is 2.21 bits per heavy atom. The van der Waals surface area contributed by atoms with Gasteiger partial charge in [-0.25, -0.2) is 22.2 Å². The Labute approximate surface area is 229 Å². The fraction of sp³-hybridized carbons (Fsp3) is 0.115. The van der Waals surface area contributed by atoms with Crippen LogP contribution < -0.4 is 4.72 Å². The Balaban J connectivity index is 1.36. The average molecular weight is 618 g/mol. The first-order valence-electron chi connectivity index (χ1n) is 11.2. The van der Waals surface area contributed by atoms with E-state index in [1.165, 1.54) is 47.8 Å². The highest BCUT2D eigenvalue weighted by Crippen LogP contribution is 2.40. The van der Waals surface area contributed by atoms with Crippen LogP contribution in [0.2, 0.25) is 0 Å². The second kappa shape index (κ2) is 10.0. The SMILES string of the molecule is O=C1c2ccccc2C(=O)N1CCC(F)(F)c1ccccc1-c1csc(NS(=O)(=O)c2cccc(Br)c2)n1. The number of sulfonamides is 1. The van der Waals surface area contributed by atoms with E-state index in [1.807, 2.05) is 0 Å². The number of rotatable bonds is 8. The second-order valence-electron chi connectivity index (χ2n) is 8.41. The molecule has 0 saturated carbocycles. The molecule has 38 heavy (non-hydrogen) atoms. The number of thiazole rings is 1. The normalized spacial score (nSPS) is 13.6. The van der Waals surface area contributed by atoms with Crippen molar-refractivity contribution >= 4 is 54.2 Å². The van der Waals surface area contributed by atoms with Gasteiger partial charge in [-0.3, -0.25) is 19.2 Å². The first kappa shape index (κ1) is 26.1. The quantitative estimate of drug-likeness (QED) is 0.239. The van der Waals surface area contributed by atoms with Gasteiger partial charge < -0.3 is 0 Å². The molecule has 0 aliphatic carbocycles. The monoisotopic (exact) mass is 617 g/mol. The number of alkyl halides is 2. The zero-order chi connectivity index (χ0) is 27.1. The lowest BCUT2D eigenvalue weighted by Crippen LogP contribution is -2.33. The number of benzene rings is 3. The molecule has 0 unspecified atom stereocenters. The molecule has 2 amide bonds. The summed E-state index contributed by atoms with van der Waals surface area (Å²) in [6.45, 7) is -0.470. The molecule has 2 heterocycles. The maximum atomic E-state index is 15.5. The number of carbonyl (C=O) groups is 2. The molecule has 1 aliphatic rings. The predicted octanol–water partition coefficient (Wildman–Crippen LogP) is 6.15. The molecule has 0 fully saturated rings. The lowest BCUT2D eigenvalue weighted by molar-refractivity contribution is -0.0180. The Morgan fingerprint density at radius 2 is 1.55 bits per heavy atom. The molecule has 5 rings (SSSR count). The van der Waals surface area contributed by atoms with E-state index in [0.717, 1.165) is 16.2 Å². The van der Waals surface area contributed by atoms with E-state index < -0.39 is 40.7 Å². The van der Waals surface area contributed by atoms with E-state index in [-0.39, 0.29) is 38.0 Å². The molecule has 0 saturated heterocycles. The van der Waals surface area contributed by atoms with Crippen LogP contribution in [0.15, 0.2) is 87.5 Å². The van der Waals surface area contributed by atoms with Crippen LogP contribution in [-0.2, 0) is 15.9 Å². The smallest absolute Gasteiger partial charge is 0.274 e. The standard InChI is InChI=1S/C26H18BrF2N3O4S2/c27-16-6-5-7-17(14-16)38(35,36)31-25-30-22(15-37-25)20-10-3-4-11-21(20)26(28,29)12-13-32-23(33)18-8-1-2-9-19(18)24(32)34/h1-11,14-15H,12-13H2,(H,30,31). The molecule has 194 valence electrons. The summed E-state index contributed by atoms with van der Waals surface area (Å²) in [5, 5.41) is 1.50. The zero-order valence-corrected chi connectivity index (χ0v) is 22.6. The van der Waals surface area contributed by atoms with Crippen molar-refractivity contribution in [2.24, 2.45) is 0 Å². The molecule has 0 radical (unpaired) electrons. The molecule has 7 nitrogen and oxygen atoms in total. The van der Waals surface area contributed by atoms with Gasteiger partial charge in [-0.2, -0.15) is 0 Å². The fourth-order valence-electron chi connectivity index (χ4n) is 4.11. The van der Waals surface area contributed by atoms with E-state index in [2.05, 4.69) is 25.6 Å². The maximum Gasteiger partial charge on any atom is 0.275 e. The third kappa shape index (κ3) is 4.98. The van der Waals surface area contributed by atoms with E-state index in [9.17, 15) is 18.0 Å². The van der Waals surface area contributed by atoms with Gasteiger partial charge in [0.05, 0.1) is 21.7 Å². The molecule has 0 bridgehead atoms. The van der Waals surface area contributed by atoms with E-state index in [4.69, 9.17) is 0 Å². The summed E-state index contributed by atoms with van der Waals surface area (Å²) in [6, 6.07) is 18.1. The Hall–Kier alpha value is -3.48. The van der Waals surface area contributed by atoms with Gasteiger partial charge in [0.25, 0.3) is 27.8 Å². The Morgan fingerprint density at radius 1 is 0.921 bits per heavy atom. The van der Waals surface area contributed by atoms with Crippen LogP contribution in [-0.4, -0.2) is 36.7 Å². The summed E-state index contributed by atoms with van der Waals surface area (Å²) in [6.07, 6.45) is -0.790. The number of fused-ring (bicyclic) bond motifs is 1. The minimum absolute atomic E-state index is 0.0173. The Bertz CT molecular complexity index is 1640. The third-order valence-electron chi connectivity index (χ3n) is 5.96. The number of nitrogens with zero attached hydrogens (tertiary/aromatic N) is 2. The Kier molecular flexibility index (Phi) is 6.88. The van der Waals surface area contributed by atoms with Crippen LogP contribution in [0.5, 0.6) is 0 Å². The minimum atomic E-state index is -3.94. The van der Waals surface area contributed by atoms with Crippen molar-refractivity contribution in [3.8, 4) is 11.3 Å². The average Bonchev–Trinajstić information content (AvgIpc) is 3.45. The lowest BCUT2D eigenvalue weighted by Gasteiger charge is -2.22. The van der Waals surface area contributed by atoms with Crippen molar-refractivity contribution in [2.45, 2.75) is 17.2 Å². The van der Waals surface area contributed by atoms with Crippen LogP contribution >= 0.6 is 27.3 Å². The highest BCUT2D eigenvalue weighted by Gasteiger charge is 2.40. The summed E-state index contributed by atoms with van der Waals surface area (Å²) in [5.74, 6) is -4.61. The van der Waals surface area contributed by atoms with Crippen molar-refractivity contribution in [1.29, 1.82) is 0 Å². The summed E-state index contributed by atoms with van der Waals surface area (Å²) >= 11 is 4.19. The van der Waals surface area contributed by atoms with Gasteiger partial charge in [0.15, 0.2) is 5.13 Å². The number of anilines is 1. The van der Waals surface area contributed by atoms with Gasteiger partial charge >= 0.3 is 0 Å². The molecule has 1 aromatic heterocycles. The molecule has 1 N–H and O–H groups in total. The number of aromatic nitrogens is 1. The number of hydrogen-bond acceptors (Lipinski definition) is 6. The zero-order valence-electron chi connectivity index (χ0n) is 19.4. The van der Waals surface area contributed by atoms with Gasteiger partial charge in [0.1, 0.15) is 0 Å². The van der Waals surface area contributed by atoms with E-state index in [1.54, 1.807) is 30.3 Å². The first-order valence-corrected chi connectivity index (χ1v) is 14.4. The summed E-state index contributed by atoms with van der Waals surface area (Å²) in [4.78, 5) is 30.3. The maximum absolute atomic E-state index is 15.5. The van der Waals surface area contributed by atoms with Crippen LogP contribution in [0.4, 0.5) is 13.9 Å². The molecule has 0 spiro atoms. The van der Waals surface area contributed by atoms with Crippen molar-refractivity contribution < 1.29 is 26.8 Å². The molecule has 1 aliphatic heterocycles. The van der Waals surface area contributed by atoms with Crippen molar-refractivity contribution in [2.75, 3.05) is 11.3 Å². The number of imide groups is 1. The third-order valence-corrected chi connectivity index (χ3v) is 8.67. The van der Waals surface area contributed by atoms with E-state index in [0.29, 0.717) is 4.47 Å². The molecule has 3 aromatic carbocycles. The fourth-order valence-corrected chi connectivity index (χ4v) is 6.67. The summed E-state index contributed by atoms with van der Waals surface area (Å²) in [7, 11) is -3.94. The predicted molar refractivity (Wildman–Crippen MR) is 143 cm³/mol. The minimum Gasteiger partial charge on any atom is -0.274 e. The lowest BCUT2D eigenvalue weighted by atomic mass is 9.97. The van der Waals surface area contributed by atoms with E-state index >= 15 is 8.78 Å². The molecule has 4 aromatic rings. The van der Waals surface area contributed by atoms with Crippen LogP contribution in [0, 0.1) is 0 Å². The molecular formula is C26H18BrF2N3O4S2. The number of hydrogen-bond donors (Lipinski definition) is 1. The highest BCUT2D eigenvalue weighted by molar-refractivity contribution is 9.10. The number of nitrogens with one attached hydrogen (secondary N) is 1. The van der Waals surface area contributed by atoms with Gasteiger partial charge in [0.2, 0.25) is 0 Å². The summed E-state index contributed by atoms with van der Waals surface area (Å²) < 4.78 is 59.4. The second-order valence-corrected chi connectivity index (χ2v) is 11.9. The van der Waals surface area contributed by atoms with Crippen LogP contribution in [0.25, 0.3) is 11.3 Å².